The molecule has 0 aliphatic carbocycles. The molecule has 5 heteroatoms. The van der Waals surface area contributed by atoms with Crippen molar-refractivity contribution in [2.24, 2.45) is 0 Å². The highest BCUT2D eigenvalue weighted by Gasteiger charge is 2.15. The van der Waals surface area contributed by atoms with Crippen molar-refractivity contribution < 1.29 is 14.6 Å². The Bertz CT molecular complexity index is 252. The van der Waals surface area contributed by atoms with E-state index in [1.807, 2.05) is 6.92 Å². The van der Waals surface area contributed by atoms with Crippen molar-refractivity contribution >= 4 is 17.7 Å². The van der Waals surface area contributed by atoms with Crippen LogP contribution in [-0.2, 0) is 9.53 Å². The Labute approximate surface area is 140 Å². The van der Waals surface area contributed by atoms with E-state index in [4.69, 9.17) is 9.84 Å². The number of nitrogens with one attached hydrogen (secondary N) is 1. The molecule has 1 unspecified atom stereocenters. The summed E-state index contributed by atoms with van der Waals surface area (Å²) in [6, 6.07) is -0.422. The van der Waals surface area contributed by atoms with Crippen LogP contribution in [0, 0.1) is 0 Å². The predicted molar refractivity (Wildman–Crippen MR) is 95.9 cm³/mol. The Morgan fingerprint density at radius 1 is 1.05 bits per heavy atom. The fraction of sp³-hybridized carbons (Fsp3) is 0.941. The molecule has 0 aliphatic heterocycles. The van der Waals surface area contributed by atoms with E-state index in [1.165, 1.54) is 38.5 Å². The molecule has 0 radical (unpaired) electrons. The Kier molecular flexibility index (Phi) is 16.9. The number of ether oxygens (including phenoxy) is 1. The van der Waals surface area contributed by atoms with Gasteiger partial charge in [0.1, 0.15) is 6.04 Å². The molecular weight excluding hydrogens is 298 g/mol. The molecule has 0 saturated carbocycles. The van der Waals surface area contributed by atoms with Crippen LogP contribution in [0.2, 0.25) is 0 Å². The highest BCUT2D eigenvalue weighted by Crippen LogP contribution is 2.07. The van der Waals surface area contributed by atoms with Gasteiger partial charge in [-0.1, -0.05) is 46.0 Å². The molecular formula is C17H35NO3S. The molecule has 0 fully saturated rings. The molecule has 0 aromatic rings. The van der Waals surface area contributed by atoms with Crippen molar-refractivity contribution in [1.82, 2.24) is 5.32 Å². The zero-order chi connectivity index (χ0) is 16.5. The molecule has 4 nitrogen and oxygen atoms in total. The van der Waals surface area contributed by atoms with Crippen LogP contribution < -0.4 is 5.32 Å². The smallest absolute Gasteiger partial charge is 0.321 e. The quantitative estimate of drug-likeness (QED) is 0.395. The van der Waals surface area contributed by atoms with Crippen LogP contribution in [0.4, 0.5) is 0 Å². The number of unbranched alkanes of at least 4 members (excludes halogenated alkanes) is 5. The lowest BCUT2D eigenvalue weighted by molar-refractivity contribution is -0.138. The van der Waals surface area contributed by atoms with Crippen LogP contribution in [-0.4, -0.2) is 48.4 Å². The van der Waals surface area contributed by atoms with Gasteiger partial charge in [0.15, 0.2) is 0 Å². The zero-order valence-electron chi connectivity index (χ0n) is 14.4. The second-order valence-electron chi connectivity index (χ2n) is 5.65. The number of rotatable bonds is 17. The maximum Gasteiger partial charge on any atom is 0.321 e. The van der Waals surface area contributed by atoms with Crippen LogP contribution >= 0.6 is 11.8 Å². The Morgan fingerprint density at radius 2 is 1.73 bits per heavy atom. The molecule has 0 bridgehead atoms. The first-order valence-electron chi connectivity index (χ1n) is 8.84. The molecule has 1 atom stereocenters. The summed E-state index contributed by atoms with van der Waals surface area (Å²) in [4.78, 5) is 11.0. The molecule has 22 heavy (non-hydrogen) atoms. The summed E-state index contributed by atoms with van der Waals surface area (Å²) in [5.41, 5.74) is 0. The van der Waals surface area contributed by atoms with Gasteiger partial charge in [0.25, 0.3) is 0 Å². The SMILES string of the molecule is CCCCCCCCOCCCSCC(NCCC)C(=O)O. The number of carbonyl (C=O) groups is 1. The van der Waals surface area contributed by atoms with Gasteiger partial charge in [0.2, 0.25) is 0 Å². The van der Waals surface area contributed by atoms with E-state index < -0.39 is 12.0 Å². The summed E-state index contributed by atoms with van der Waals surface area (Å²) < 4.78 is 5.61. The third-order valence-corrected chi connectivity index (χ3v) is 4.59. The summed E-state index contributed by atoms with van der Waals surface area (Å²) in [6.45, 7) is 6.70. The van der Waals surface area contributed by atoms with Gasteiger partial charge in [-0.05, 0) is 31.6 Å². The summed E-state index contributed by atoms with van der Waals surface area (Å²) in [5.74, 6) is 0.848. The third kappa shape index (κ3) is 14.7. The van der Waals surface area contributed by atoms with Crippen molar-refractivity contribution in [2.45, 2.75) is 71.3 Å². The van der Waals surface area contributed by atoms with E-state index in [0.717, 1.165) is 38.4 Å². The molecule has 0 heterocycles. The molecule has 2 N–H and O–H groups in total. The molecule has 0 aromatic heterocycles. The summed E-state index contributed by atoms with van der Waals surface area (Å²) in [6.07, 6.45) is 9.73. The maximum atomic E-state index is 11.0. The molecule has 132 valence electrons. The highest BCUT2D eigenvalue weighted by molar-refractivity contribution is 7.99. The van der Waals surface area contributed by atoms with E-state index in [2.05, 4.69) is 12.2 Å². The minimum atomic E-state index is -0.750. The van der Waals surface area contributed by atoms with Gasteiger partial charge >= 0.3 is 5.97 Å². The second-order valence-corrected chi connectivity index (χ2v) is 6.80. The Morgan fingerprint density at radius 3 is 2.41 bits per heavy atom. The van der Waals surface area contributed by atoms with Crippen molar-refractivity contribution in [3.8, 4) is 0 Å². The first-order valence-corrected chi connectivity index (χ1v) is 9.99. The Hall–Kier alpha value is -0.260. The lowest BCUT2D eigenvalue weighted by Gasteiger charge is -2.13. The topological polar surface area (TPSA) is 58.6 Å². The third-order valence-electron chi connectivity index (χ3n) is 3.44. The van der Waals surface area contributed by atoms with Crippen LogP contribution in [0.3, 0.4) is 0 Å². The van der Waals surface area contributed by atoms with Gasteiger partial charge in [-0.25, -0.2) is 0 Å². The van der Waals surface area contributed by atoms with Crippen molar-refractivity contribution in [2.75, 3.05) is 31.3 Å². The van der Waals surface area contributed by atoms with Crippen LogP contribution in [0.15, 0.2) is 0 Å². The predicted octanol–water partition coefficient (Wildman–Crippen LogP) is 3.94. The van der Waals surface area contributed by atoms with Gasteiger partial charge in [0, 0.05) is 19.0 Å². The number of aliphatic carboxylic acids is 1. The first-order chi connectivity index (χ1) is 10.7. The normalized spacial score (nSPS) is 12.5. The van der Waals surface area contributed by atoms with Crippen LogP contribution in [0.25, 0.3) is 0 Å². The molecule has 0 spiro atoms. The Balaban J connectivity index is 3.29. The minimum Gasteiger partial charge on any atom is -0.480 e. The van der Waals surface area contributed by atoms with E-state index in [0.29, 0.717) is 5.75 Å². The van der Waals surface area contributed by atoms with Crippen LogP contribution in [0.1, 0.15) is 65.2 Å². The summed E-state index contributed by atoms with van der Waals surface area (Å²) in [5, 5.41) is 12.1. The average Bonchev–Trinajstić information content (AvgIpc) is 2.51. The minimum absolute atomic E-state index is 0.422. The fourth-order valence-electron chi connectivity index (χ4n) is 2.09. The second kappa shape index (κ2) is 17.1. The largest absolute Gasteiger partial charge is 0.480 e. The highest BCUT2D eigenvalue weighted by atomic mass is 32.2. The number of carboxylic acids is 1. The molecule has 0 aliphatic rings. The maximum absolute atomic E-state index is 11.0. The van der Waals surface area contributed by atoms with E-state index in [-0.39, 0.29) is 0 Å². The lowest BCUT2D eigenvalue weighted by Crippen LogP contribution is -2.39. The lowest BCUT2D eigenvalue weighted by atomic mass is 10.1. The van der Waals surface area contributed by atoms with Gasteiger partial charge in [-0.2, -0.15) is 11.8 Å². The van der Waals surface area contributed by atoms with Crippen molar-refractivity contribution in [1.29, 1.82) is 0 Å². The van der Waals surface area contributed by atoms with Crippen molar-refractivity contribution in [3.63, 3.8) is 0 Å². The van der Waals surface area contributed by atoms with Gasteiger partial charge in [-0.15, -0.1) is 0 Å². The molecule has 0 amide bonds. The molecule has 0 aromatic carbocycles. The van der Waals surface area contributed by atoms with Gasteiger partial charge in [-0.3, -0.25) is 4.79 Å². The van der Waals surface area contributed by atoms with Gasteiger partial charge < -0.3 is 15.2 Å². The number of hydrogen-bond donors (Lipinski definition) is 2. The zero-order valence-corrected chi connectivity index (χ0v) is 15.3. The van der Waals surface area contributed by atoms with Crippen LogP contribution in [0.5, 0.6) is 0 Å². The molecule has 0 saturated heterocycles. The number of hydrogen-bond acceptors (Lipinski definition) is 4. The number of thioether (sulfide) groups is 1. The first kappa shape index (κ1) is 21.7. The summed E-state index contributed by atoms with van der Waals surface area (Å²) in [7, 11) is 0. The van der Waals surface area contributed by atoms with Gasteiger partial charge in [0.05, 0.1) is 0 Å². The fourth-order valence-corrected chi connectivity index (χ4v) is 3.07. The van der Waals surface area contributed by atoms with E-state index >= 15 is 0 Å². The van der Waals surface area contributed by atoms with Crippen molar-refractivity contribution in [3.05, 3.63) is 0 Å². The number of carboxylic acid groups (broad SMARTS) is 1. The summed E-state index contributed by atoms with van der Waals surface area (Å²) >= 11 is 1.69. The van der Waals surface area contributed by atoms with E-state index in [9.17, 15) is 4.79 Å². The average molecular weight is 334 g/mol. The van der Waals surface area contributed by atoms with E-state index in [1.54, 1.807) is 11.8 Å². The molecule has 0 rings (SSSR count). The standard InChI is InChI=1S/C17H35NO3S/c1-3-5-6-7-8-9-12-21-13-10-14-22-15-16(17(19)20)18-11-4-2/h16,18H,3-15H2,1-2H3,(H,19,20). The monoisotopic (exact) mass is 333 g/mol.